The second kappa shape index (κ2) is 13.5. The highest BCUT2D eigenvalue weighted by atomic mass is 79.9. The van der Waals surface area contributed by atoms with E-state index in [1.54, 1.807) is 48.2 Å². The molecule has 2 heterocycles. The molecule has 0 aliphatic heterocycles. The average molecular weight is 619 g/mol. The number of rotatable bonds is 12. The molecule has 3 rings (SSSR count). The molecule has 2 aromatic heterocycles. The number of alkyl carbamates (subject to hydrolysis) is 1. The Kier molecular flexibility index (Phi) is 10.3. The van der Waals surface area contributed by atoms with Crippen molar-refractivity contribution in [1.29, 1.82) is 0 Å². The van der Waals surface area contributed by atoms with Crippen LogP contribution in [0.2, 0.25) is 0 Å². The molecule has 0 bridgehead atoms. The Morgan fingerprint density at radius 3 is 2.58 bits per heavy atom. The standard InChI is InChI=1S/C27H36BrN7O5/c1-6-35-20(14-17(2)33-35)24(37)32-25-31-19-15-18(23(29)36)16-21(22(19)34(25)12-8-7-10-28)39-13-9-11-30-26(38)40-27(3,4)5/h7-8,14-16H,6,9-13H2,1-5H3,(H2,29,36)(H,30,38)(H,31,32,37)/b8-7+. The number of hydrogen-bond acceptors (Lipinski definition) is 7. The monoisotopic (exact) mass is 617 g/mol. The van der Waals surface area contributed by atoms with Crippen LogP contribution < -0.4 is 21.1 Å². The molecule has 3 amide bonds. The van der Waals surface area contributed by atoms with Crippen molar-refractivity contribution in [2.45, 2.75) is 59.7 Å². The number of ether oxygens (including phenoxy) is 2. The molecule has 0 atom stereocenters. The van der Waals surface area contributed by atoms with E-state index >= 15 is 0 Å². The van der Waals surface area contributed by atoms with Crippen LogP contribution in [-0.4, -0.2) is 61.3 Å². The summed E-state index contributed by atoms with van der Waals surface area (Å²) in [5.41, 5.74) is 7.35. The van der Waals surface area contributed by atoms with Crippen molar-refractivity contribution in [3.63, 3.8) is 0 Å². The number of nitrogens with zero attached hydrogens (tertiary/aromatic N) is 4. The van der Waals surface area contributed by atoms with Crippen LogP contribution in [0.3, 0.4) is 0 Å². The molecule has 40 heavy (non-hydrogen) atoms. The molecule has 1 aromatic carbocycles. The van der Waals surface area contributed by atoms with Crippen molar-refractivity contribution < 1.29 is 23.9 Å². The molecule has 0 aliphatic rings. The van der Waals surface area contributed by atoms with Gasteiger partial charge in [0.25, 0.3) is 5.91 Å². The smallest absolute Gasteiger partial charge is 0.407 e. The molecule has 3 aromatic rings. The third kappa shape index (κ3) is 8.07. The fraction of sp³-hybridized carbons (Fsp3) is 0.444. The minimum atomic E-state index is -0.639. The Morgan fingerprint density at radius 1 is 1.18 bits per heavy atom. The lowest BCUT2D eigenvalue weighted by atomic mass is 10.1. The van der Waals surface area contributed by atoms with E-state index in [4.69, 9.17) is 15.2 Å². The average Bonchev–Trinajstić information content (AvgIpc) is 3.42. The van der Waals surface area contributed by atoms with E-state index in [2.05, 4.69) is 36.6 Å². The Hall–Kier alpha value is -3.87. The van der Waals surface area contributed by atoms with Crippen molar-refractivity contribution in [2.24, 2.45) is 5.73 Å². The minimum absolute atomic E-state index is 0.215. The van der Waals surface area contributed by atoms with Crippen LogP contribution in [0, 0.1) is 6.92 Å². The molecule has 0 saturated heterocycles. The van der Waals surface area contributed by atoms with Gasteiger partial charge in [0.2, 0.25) is 11.9 Å². The second-order valence-corrected chi connectivity index (χ2v) is 10.6. The first-order valence-corrected chi connectivity index (χ1v) is 14.1. The van der Waals surface area contributed by atoms with Gasteiger partial charge in [-0.2, -0.15) is 5.10 Å². The number of fused-ring (bicyclic) bond motifs is 1. The largest absolute Gasteiger partial charge is 0.491 e. The molecule has 13 heteroatoms. The van der Waals surface area contributed by atoms with Crippen LogP contribution in [-0.2, 0) is 17.8 Å². The molecule has 0 spiro atoms. The summed E-state index contributed by atoms with van der Waals surface area (Å²) >= 11 is 3.38. The third-order valence-electron chi connectivity index (χ3n) is 5.54. The molecule has 0 aliphatic carbocycles. The number of carbonyl (C=O) groups excluding carboxylic acids is 3. The number of imidazole rings is 1. The summed E-state index contributed by atoms with van der Waals surface area (Å²) in [4.78, 5) is 41.8. The topological polar surface area (TPSA) is 155 Å². The molecule has 12 nitrogen and oxygen atoms in total. The van der Waals surface area contributed by atoms with Crippen LogP contribution in [0.15, 0.2) is 30.4 Å². The van der Waals surface area contributed by atoms with Gasteiger partial charge in [0.15, 0.2) is 0 Å². The van der Waals surface area contributed by atoms with E-state index in [1.165, 1.54) is 0 Å². The van der Waals surface area contributed by atoms with E-state index in [0.29, 0.717) is 53.9 Å². The quantitative estimate of drug-likeness (QED) is 0.156. The van der Waals surface area contributed by atoms with Gasteiger partial charge in [0.05, 0.1) is 17.8 Å². The fourth-order valence-corrected chi connectivity index (χ4v) is 4.16. The Labute approximate surface area is 241 Å². The SMILES string of the molecule is CCn1nc(C)cc1C(=O)Nc1nc2cc(C(N)=O)cc(OCCCNC(=O)OC(C)(C)C)c2n1C/C=C/CBr. The lowest BCUT2D eigenvalue weighted by molar-refractivity contribution is 0.0525. The Balaban J connectivity index is 1.91. The number of allylic oxidation sites excluding steroid dienone is 2. The first kappa shape index (κ1) is 30.7. The fourth-order valence-electron chi connectivity index (χ4n) is 3.89. The van der Waals surface area contributed by atoms with E-state index < -0.39 is 17.6 Å². The molecule has 0 fully saturated rings. The van der Waals surface area contributed by atoms with Crippen LogP contribution in [0.4, 0.5) is 10.7 Å². The number of amides is 3. The molecule has 4 N–H and O–H groups in total. The minimum Gasteiger partial charge on any atom is -0.491 e. The van der Waals surface area contributed by atoms with Gasteiger partial charge < -0.3 is 25.1 Å². The first-order chi connectivity index (χ1) is 18.9. The number of primary amides is 1. The number of aromatic nitrogens is 4. The normalized spacial score (nSPS) is 11.7. The summed E-state index contributed by atoms with van der Waals surface area (Å²) in [6, 6.07) is 4.83. The Morgan fingerprint density at radius 2 is 1.93 bits per heavy atom. The molecule has 0 saturated carbocycles. The third-order valence-corrected chi connectivity index (χ3v) is 5.92. The lowest BCUT2D eigenvalue weighted by Gasteiger charge is -2.19. The number of halogens is 1. The van der Waals surface area contributed by atoms with Gasteiger partial charge in [0, 0.05) is 30.5 Å². The second-order valence-electron chi connectivity index (χ2n) is 9.95. The zero-order valence-electron chi connectivity index (χ0n) is 23.4. The van der Waals surface area contributed by atoms with Gasteiger partial charge in [-0.1, -0.05) is 28.1 Å². The number of carbonyl (C=O) groups is 3. The zero-order chi connectivity index (χ0) is 29.4. The van der Waals surface area contributed by atoms with Crippen LogP contribution >= 0.6 is 15.9 Å². The molecule has 0 unspecified atom stereocenters. The van der Waals surface area contributed by atoms with Crippen LogP contribution in [0.1, 0.15) is 60.7 Å². The maximum Gasteiger partial charge on any atom is 0.407 e. The van der Waals surface area contributed by atoms with Gasteiger partial charge in [0.1, 0.15) is 22.6 Å². The summed E-state index contributed by atoms with van der Waals surface area (Å²) in [5.74, 6) is -0.355. The van der Waals surface area contributed by atoms with Gasteiger partial charge in [-0.15, -0.1) is 0 Å². The highest BCUT2D eigenvalue weighted by molar-refractivity contribution is 9.09. The summed E-state index contributed by atoms with van der Waals surface area (Å²) in [6.45, 7) is 10.6. The number of hydrogen-bond donors (Lipinski definition) is 3. The molecular weight excluding hydrogens is 582 g/mol. The number of anilines is 1. The zero-order valence-corrected chi connectivity index (χ0v) is 25.0. The van der Waals surface area contributed by atoms with Gasteiger partial charge in [-0.05, 0) is 59.2 Å². The summed E-state index contributed by atoms with van der Waals surface area (Å²) in [6.07, 6.45) is 3.81. The van der Waals surface area contributed by atoms with Gasteiger partial charge in [-0.25, -0.2) is 9.78 Å². The van der Waals surface area contributed by atoms with Gasteiger partial charge >= 0.3 is 6.09 Å². The predicted molar refractivity (Wildman–Crippen MR) is 156 cm³/mol. The number of nitrogens with one attached hydrogen (secondary N) is 2. The van der Waals surface area contributed by atoms with Crippen molar-refractivity contribution in [1.82, 2.24) is 24.6 Å². The number of benzene rings is 1. The van der Waals surface area contributed by atoms with E-state index in [1.807, 2.05) is 26.0 Å². The number of nitrogens with two attached hydrogens (primary N) is 1. The van der Waals surface area contributed by atoms with Crippen molar-refractivity contribution >= 4 is 50.8 Å². The summed E-state index contributed by atoms with van der Waals surface area (Å²) in [7, 11) is 0. The highest BCUT2D eigenvalue weighted by Crippen LogP contribution is 2.31. The van der Waals surface area contributed by atoms with E-state index in [-0.39, 0.29) is 24.0 Å². The highest BCUT2D eigenvalue weighted by Gasteiger charge is 2.21. The van der Waals surface area contributed by atoms with Gasteiger partial charge in [-0.3, -0.25) is 19.6 Å². The maximum atomic E-state index is 13.2. The lowest BCUT2D eigenvalue weighted by Crippen LogP contribution is -2.33. The maximum absolute atomic E-state index is 13.2. The summed E-state index contributed by atoms with van der Waals surface area (Å²) < 4.78 is 14.7. The van der Waals surface area contributed by atoms with Crippen LogP contribution in [0.5, 0.6) is 5.75 Å². The first-order valence-electron chi connectivity index (χ1n) is 12.9. The van der Waals surface area contributed by atoms with Crippen molar-refractivity contribution in [3.05, 3.63) is 47.3 Å². The van der Waals surface area contributed by atoms with Crippen molar-refractivity contribution in [3.8, 4) is 5.75 Å². The van der Waals surface area contributed by atoms with E-state index in [0.717, 1.165) is 5.69 Å². The van der Waals surface area contributed by atoms with Crippen LogP contribution in [0.25, 0.3) is 11.0 Å². The molecule has 216 valence electrons. The predicted octanol–water partition coefficient (Wildman–Crippen LogP) is 4.16. The molecular formula is C27H36BrN7O5. The Bertz CT molecular complexity index is 1400. The van der Waals surface area contributed by atoms with Crippen molar-refractivity contribution in [2.75, 3.05) is 23.8 Å². The number of aryl methyl sites for hydroxylation is 2. The van der Waals surface area contributed by atoms with E-state index in [9.17, 15) is 14.4 Å². The number of alkyl halides is 1. The molecule has 0 radical (unpaired) electrons. The summed E-state index contributed by atoms with van der Waals surface area (Å²) in [5, 5.41) is 10.6.